The Morgan fingerprint density at radius 3 is 2.47 bits per heavy atom. The van der Waals surface area contributed by atoms with Crippen molar-refractivity contribution in [2.45, 2.75) is 25.4 Å². The fraction of sp³-hybridized carbons (Fsp3) is 0.267. The average molecular weight is 260 g/mol. The van der Waals surface area contributed by atoms with Crippen LogP contribution in [0.2, 0.25) is 0 Å². The zero-order chi connectivity index (χ0) is 13.8. The minimum Gasteiger partial charge on any atom is -0.475 e. The van der Waals surface area contributed by atoms with Crippen LogP contribution in [0.15, 0.2) is 46.9 Å². The fourth-order valence-corrected chi connectivity index (χ4v) is 2.02. The lowest BCUT2D eigenvalue weighted by Crippen LogP contribution is -2.03. The van der Waals surface area contributed by atoms with Crippen molar-refractivity contribution >= 4 is 5.97 Å². The van der Waals surface area contributed by atoms with E-state index in [0.29, 0.717) is 12.2 Å². The van der Waals surface area contributed by atoms with Gasteiger partial charge in [-0.1, -0.05) is 37.3 Å². The van der Waals surface area contributed by atoms with Crippen LogP contribution >= 0.6 is 0 Å². The molecule has 0 saturated carbocycles. The van der Waals surface area contributed by atoms with Crippen LogP contribution in [0.1, 0.15) is 47.2 Å². The lowest BCUT2D eigenvalue weighted by atomic mass is 9.94. The van der Waals surface area contributed by atoms with Gasteiger partial charge in [0.15, 0.2) is 0 Å². The lowest BCUT2D eigenvalue weighted by Gasteiger charge is -2.15. The monoisotopic (exact) mass is 260 g/mol. The molecule has 0 aliphatic rings. The minimum atomic E-state index is -1.13. The Bertz CT molecular complexity index is 544. The Morgan fingerprint density at radius 1 is 1.21 bits per heavy atom. The van der Waals surface area contributed by atoms with Gasteiger partial charge in [0, 0.05) is 0 Å². The Labute approximate surface area is 111 Å². The molecule has 0 amide bonds. The Morgan fingerprint density at radius 2 is 1.89 bits per heavy atom. The van der Waals surface area contributed by atoms with E-state index in [4.69, 9.17) is 9.52 Å². The third-order valence-electron chi connectivity index (χ3n) is 3.11. The maximum Gasteiger partial charge on any atom is 0.371 e. The first kappa shape index (κ1) is 13.4. The van der Waals surface area contributed by atoms with E-state index in [0.717, 1.165) is 5.56 Å². The van der Waals surface area contributed by atoms with Crippen molar-refractivity contribution in [3.05, 3.63) is 59.5 Å². The van der Waals surface area contributed by atoms with E-state index in [-0.39, 0.29) is 11.7 Å². The molecule has 1 aromatic heterocycles. The van der Waals surface area contributed by atoms with Crippen LogP contribution in [0.3, 0.4) is 0 Å². The standard InChI is InChI=1S/C15H16O4/c1-10(11-5-3-2-4-6-11)9-12(16)13-7-8-14(19-13)15(17)18/h2-8,10,12,16H,9H2,1H3,(H,17,18). The van der Waals surface area contributed by atoms with Gasteiger partial charge in [0.2, 0.25) is 5.76 Å². The van der Waals surface area contributed by atoms with Gasteiger partial charge in [-0.25, -0.2) is 4.79 Å². The largest absolute Gasteiger partial charge is 0.475 e. The highest BCUT2D eigenvalue weighted by Gasteiger charge is 2.18. The van der Waals surface area contributed by atoms with Gasteiger partial charge in [0.05, 0.1) is 0 Å². The third kappa shape index (κ3) is 3.23. The number of hydrogen-bond donors (Lipinski definition) is 2. The predicted molar refractivity (Wildman–Crippen MR) is 70.1 cm³/mol. The highest BCUT2D eigenvalue weighted by atomic mass is 16.4. The number of rotatable bonds is 5. The molecule has 0 bridgehead atoms. The summed E-state index contributed by atoms with van der Waals surface area (Å²) in [7, 11) is 0. The van der Waals surface area contributed by atoms with Crippen molar-refractivity contribution in [2.24, 2.45) is 0 Å². The fourth-order valence-electron chi connectivity index (χ4n) is 2.02. The summed E-state index contributed by atoms with van der Waals surface area (Å²) in [4.78, 5) is 10.7. The van der Waals surface area contributed by atoms with Crippen molar-refractivity contribution in [1.29, 1.82) is 0 Å². The maximum absolute atomic E-state index is 10.7. The van der Waals surface area contributed by atoms with Crippen LogP contribution in [0.4, 0.5) is 0 Å². The number of aliphatic hydroxyl groups excluding tert-OH is 1. The summed E-state index contributed by atoms with van der Waals surface area (Å²) in [5.74, 6) is -0.828. The van der Waals surface area contributed by atoms with Gasteiger partial charge in [-0.15, -0.1) is 0 Å². The van der Waals surface area contributed by atoms with E-state index < -0.39 is 12.1 Å². The number of carboxylic acids is 1. The molecule has 2 rings (SSSR count). The van der Waals surface area contributed by atoms with Crippen molar-refractivity contribution in [3.8, 4) is 0 Å². The molecule has 1 heterocycles. The number of aliphatic hydroxyl groups is 1. The molecule has 0 fully saturated rings. The van der Waals surface area contributed by atoms with E-state index in [1.807, 2.05) is 37.3 Å². The second-order valence-corrected chi connectivity index (χ2v) is 4.57. The highest BCUT2D eigenvalue weighted by molar-refractivity contribution is 5.84. The first-order chi connectivity index (χ1) is 9.08. The summed E-state index contributed by atoms with van der Waals surface area (Å²) >= 11 is 0. The van der Waals surface area contributed by atoms with Crippen molar-refractivity contribution in [1.82, 2.24) is 0 Å². The molecule has 4 nitrogen and oxygen atoms in total. The van der Waals surface area contributed by atoms with Gasteiger partial charge >= 0.3 is 5.97 Å². The smallest absolute Gasteiger partial charge is 0.371 e. The average Bonchev–Trinajstić information content (AvgIpc) is 2.89. The van der Waals surface area contributed by atoms with E-state index in [1.165, 1.54) is 12.1 Å². The summed E-state index contributed by atoms with van der Waals surface area (Å²) in [5.41, 5.74) is 1.13. The van der Waals surface area contributed by atoms with Crippen LogP contribution < -0.4 is 0 Å². The normalized spacial score (nSPS) is 14.0. The Balaban J connectivity index is 2.04. The molecule has 2 N–H and O–H groups in total. The number of hydrogen-bond acceptors (Lipinski definition) is 3. The number of benzene rings is 1. The Hall–Kier alpha value is -2.07. The number of furan rings is 1. The highest BCUT2D eigenvalue weighted by Crippen LogP contribution is 2.28. The van der Waals surface area contributed by atoms with Crippen LogP contribution in [0.5, 0.6) is 0 Å². The lowest BCUT2D eigenvalue weighted by molar-refractivity contribution is 0.0649. The molecule has 0 aliphatic heterocycles. The van der Waals surface area contributed by atoms with E-state index in [9.17, 15) is 9.90 Å². The minimum absolute atomic E-state index is 0.151. The summed E-state index contributed by atoms with van der Waals surface area (Å²) in [5, 5.41) is 18.8. The number of carboxylic acid groups (broad SMARTS) is 1. The molecular weight excluding hydrogens is 244 g/mol. The van der Waals surface area contributed by atoms with Gasteiger partial charge in [-0.2, -0.15) is 0 Å². The van der Waals surface area contributed by atoms with Crippen LogP contribution in [0, 0.1) is 0 Å². The van der Waals surface area contributed by atoms with Crippen molar-refractivity contribution < 1.29 is 19.4 Å². The van der Waals surface area contributed by atoms with Gasteiger partial charge in [-0.05, 0) is 30.0 Å². The summed E-state index contributed by atoms with van der Waals surface area (Å²) in [6.07, 6.45) is -0.320. The molecular formula is C15H16O4. The molecule has 0 spiro atoms. The quantitative estimate of drug-likeness (QED) is 0.866. The second-order valence-electron chi connectivity index (χ2n) is 4.57. The van der Waals surface area contributed by atoms with E-state index in [2.05, 4.69) is 0 Å². The molecule has 100 valence electrons. The van der Waals surface area contributed by atoms with Crippen molar-refractivity contribution in [3.63, 3.8) is 0 Å². The Kier molecular flexibility index (Phi) is 4.02. The topological polar surface area (TPSA) is 70.7 Å². The first-order valence-electron chi connectivity index (χ1n) is 6.14. The molecule has 2 aromatic rings. The van der Waals surface area contributed by atoms with Gasteiger partial charge in [0.25, 0.3) is 0 Å². The first-order valence-corrected chi connectivity index (χ1v) is 6.14. The summed E-state index contributed by atoms with van der Waals surface area (Å²) in [6.45, 7) is 2.01. The molecule has 1 aromatic carbocycles. The van der Waals surface area contributed by atoms with Crippen molar-refractivity contribution in [2.75, 3.05) is 0 Å². The maximum atomic E-state index is 10.7. The molecule has 19 heavy (non-hydrogen) atoms. The molecule has 2 atom stereocenters. The van der Waals surface area contributed by atoms with Crippen LogP contribution in [-0.2, 0) is 0 Å². The predicted octanol–water partition coefficient (Wildman–Crippen LogP) is 3.21. The molecule has 0 saturated heterocycles. The molecule has 0 radical (unpaired) electrons. The SMILES string of the molecule is CC(CC(O)c1ccc(C(=O)O)o1)c1ccccc1. The van der Waals surface area contributed by atoms with E-state index >= 15 is 0 Å². The van der Waals surface area contributed by atoms with Gasteiger partial charge in [0.1, 0.15) is 11.9 Å². The summed E-state index contributed by atoms with van der Waals surface area (Å²) in [6, 6.07) is 12.7. The van der Waals surface area contributed by atoms with Crippen LogP contribution in [-0.4, -0.2) is 16.2 Å². The van der Waals surface area contributed by atoms with Gasteiger partial charge < -0.3 is 14.6 Å². The molecule has 2 unspecified atom stereocenters. The molecule has 4 heteroatoms. The summed E-state index contributed by atoms with van der Waals surface area (Å²) < 4.78 is 5.09. The zero-order valence-electron chi connectivity index (χ0n) is 10.6. The zero-order valence-corrected chi connectivity index (χ0v) is 10.6. The van der Waals surface area contributed by atoms with Crippen LogP contribution in [0.25, 0.3) is 0 Å². The third-order valence-corrected chi connectivity index (χ3v) is 3.11. The van der Waals surface area contributed by atoms with Gasteiger partial charge in [-0.3, -0.25) is 0 Å². The number of carbonyl (C=O) groups is 1. The number of aromatic carboxylic acids is 1. The second kappa shape index (κ2) is 5.71. The molecule has 0 aliphatic carbocycles. The van der Waals surface area contributed by atoms with E-state index in [1.54, 1.807) is 0 Å².